The maximum atomic E-state index is 13.0. The van der Waals surface area contributed by atoms with Crippen LogP contribution in [0, 0.1) is 5.92 Å². The Morgan fingerprint density at radius 2 is 1.77 bits per heavy atom. The zero-order valence-electron chi connectivity index (χ0n) is 17.1. The number of nitrogens with one attached hydrogen (secondary N) is 1. The summed E-state index contributed by atoms with van der Waals surface area (Å²) >= 11 is 0. The third-order valence-corrected chi connectivity index (χ3v) is 6.50. The first-order valence-corrected chi connectivity index (χ1v) is 10.6. The molecule has 1 aromatic heterocycles. The van der Waals surface area contributed by atoms with Gasteiger partial charge in [-0.15, -0.1) is 0 Å². The molecule has 3 unspecified atom stereocenters. The number of likely N-dealkylation sites (tertiary alicyclic amines) is 1. The molecule has 0 saturated carbocycles. The van der Waals surface area contributed by atoms with Crippen LogP contribution in [0.1, 0.15) is 30.0 Å². The minimum atomic E-state index is -0.833. The zero-order chi connectivity index (χ0) is 21.5. The molecule has 0 radical (unpaired) electrons. The molecular weight excluding hydrogens is 396 g/mol. The maximum absolute atomic E-state index is 13.0. The van der Waals surface area contributed by atoms with Gasteiger partial charge in [0.2, 0.25) is 5.91 Å². The predicted molar refractivity (Wildman–Crippen MR) is 112 cm³/mol. The number of fused-ring (bicyclic) bond motifs is 4. The Morgan fingerprint density at radius 3 is 2.58 bits per heavy atom. The first kappa shape index (κ1) is 19.5. The van der Waals surface area contributed by atoms with Crippen LogP contribution >= 0.6 is 0 Å². The van der Waals surface area contributed by atoms with Crippen molar-refractivity contribution < 1.29 is 14.4 Å². The molecule has 4 heterocycles. The molecule has 2 bridgehead atoms. The normalized spacial score (nSPS) is 24.7. The number of rotatable bonds is 4. The van der Waals surface area contributed by atoms with E-state index in [2.05, 4.69) is 5.32 Å². The number of benzene rings is 1. The van der Waals surface area contributed by atoms with Crippen LogP contribution in [-0.4, -0.2) is 51.3 Å². The summed E-state index contributed by atoms with van der Waals surface area (Å²) in [6.07, 6.45) is 0.911. The molecule has 5 rings (SSSR count). The fourth-order valence-corrected chi connectivity index (χ4v) is 5.03. The number of carbonyl (C=O) groups excluding carboxylic acids is 3. The van der Waals surface area contributed by atoms with Crippen molar-refractivity contribution in [2.75, 3.05) is 13.1 Å². The van der Waals surface area contributed by atoms with Crippen molar-refractivity contribution in [3.05, 3.63) is 70.1 Å². The molecule has 2 saturated heterocycles. The third kappa shape index (κ3) is 3.62. The molecule has 0 spiro atoms. The summed E-state index contributed by atoms with van der Waals surface area (Å²) < 4.78 is 1.82. The Kier molecular flexibility index (Phi) is 4.84. The second-order valence-electron chi connectivity index (χ2n) is 8.61. The highest BCUT2D eigenvalue weighted by molar-refractivity contribution is 6.05. The van der Waals surface area contributed by atoms with Crippen molar-refractivity contribution in [1.82, 2.24) is 19.7 Å². The molecule has 1 aromatic carbocycles. The van der Waals surface area contributed by atoms with E-state index >= 15 is 0 Å². The van der Waals surface area contributed by atoms with E-state index in [-0.39, 0.29) is 42.2 Å². The summed E-state index contributed by atoms with van der Waals surface area (Å²) in [5.74, 6) is -0.162. The fraction of sp³-hybridized carbons (Fsp3) is 0.391. The summed E-state index contributed by atoms with van der Waals surface area (Å²) in [5.41, 5.74) is 1.83. The van der Waals surface area contributed by atoms with E-state index in [1.54, 1.807) is 17.0 Å². The molecular formula is C23H24N4O4. The van der Waals surface area contributed by atoms with Crippen molar-refractivity contribution in [1.29, 1.82) is 0 Å². The van der Waals surface area contributed by atoms with Gasteiger partial charge in [-0.1, -0.05) is 36.4 Å². The average molecular weight is 420 g/mol. The number of carbonyl (C=O) groups is 3. The van der Waals surface area contributed by atoms with Crippen molar-refractivity contribution in [3.8, 4) is 0 Å². The van der Waals surface area contributed by atoms with E-state index < -0.39 is 12.1 Å². The molecule has 31 heavy (non-hydrogen) atoms. The van der Waals surface area contributed by atoms with Gasteiger partial charge in [-0.3, -0.25) is 19.3 Å². The van der Waals surface area contributed by atoms with Crippen molar-refractivity contribution in [2.45, 2.75) is 37.9 Å². The quantitative estimate of drug-likeness (QED) is 0.755. The SMILES string of the molecule is O=C(CC1NC(=O)N(Cc2ccccc2)C1=O)N1CC2CC(C1)c1cccc(=O)n1C2. The molecule has 3 aliphatic rings. The molecule has 160 valence electrons. The smallest absolute Gasteiger partial charge is 0.325 e. The van der Waals surface area contributed by atoms with Crippen LogP contribution in [0.15, 0.2) is 53.3 Å². The molecule has 2 aromatic rings. The molecule has 3 atom stereocenters. The van der Waals surface area contributed by atoms with Gasteiger partial charge >= 0.3 is 6.03 Å². The number of imide groups is 1. The minimum absolute atomic E-state index is 0.00440. The maximum Gasteiger partial charge on any atom is 0.325 e. The lowest BCUT2D eigenvalue weighted by Gasteiger charge is -2.43. The van der Waals surface area contributed by atoms with Gasteiger partial charge in [0.25, 0.3) is 11.5 Å². The number of pyridine rings is 1. The van der Waals surface area contributed by atoms with Crippen LogP contribution in [-0.2, 0) is 22.7 Å². The van der Waals surface area contributed by atoms with Crippen molar-refractivity contribution in [2.24, 2.45) is 5.92 Å². The van der Waals surface area contributed by atoms with Gasteiger partial charge in [-0.05, 0) is 24.0 Å². The van der Waals surface area contributed by atoms with Crippen LogP contribution in [0.4, 0.5) is 4.79 Å². The number of hydrogen-bond donors (Lipinski definition) is 1. The molecule has 8 nitrogen and oxygen atoms in total. The van der Waals surface area contributed by atoms with Gasteiger partial charge in [0, 0.05) is 37.3 Å². The van der Waals surface area contributed by atoms with E-state index in [0.717, 1.165) is 17.7 Å². The summed E-state index contributed by atoms with van der Waals surface area (Å²) in [7, 11) is 0. The van der Waals surface area contributed by atoms with Crippen LogP contribution in [0.5, 0.6) is 0 Å². The number of nitrogens with zero attached hydrogens (tertiary/aromatic N) is 3. The van der Waals surface area contributed by atoms with E-state index in [0.29, 0.717) is 19.6 Å². The van der Waals surface area contributed by atoms with E-state index in [1.165, 1.54) is 4.90 Å². The number of urea groups is 1. The van der Waals surface area contributed by atoms with Gasteiger partial charge in [0.05, 0.1) is 13.0 Å². The third-order valence-electron chi connectivity index (χ3n) is 6.50. The lowest BCUT2D eigenvalue weighted by atomic mass is 9.83. The lowest BCUT2D eigenvalue weighted by Crippen LogP contribution is -2.50. The summed E-state index contributed by atoms with van der Waals surface area (Å²) in [6.45, 7) is 1.90. The zero-order valence-corrected chi connectivity index (χ0v) is 17.1. The highest BCUT2D eigenvalue weighted by atomic mass is 16.2. The second kappa shape index (κ2) is 7.68. The van der Waals surface area contributed by atoms with Gasteiger partial charge < -0.3 is 14.8 Å². The van der Waals surface area contributed by atoms with E-state index in [9.17, 15) is 19.2 Å². The molecule has 8 heteroatoms. The number of hydrogen-bond acceptors (Lipinski definition) is 4. The van der Waals surface area contributed by atoms with Crippen LogP contribution in [0.2, 0.25) is 0 Å². The molecule has 1 N–H and O–H groups in total. The standard InChI is InChI=1S/C23H24N4O4/c28-20-8-4-7-19-17-9-16(13-26(19)20)11-25(14-17)21(29)10-18-22(30)27(23(31)24-18)12-15-5-2-1-3-6-15/h1-8,16-18H,9-14H2,(H,24,31). The second-order valence-corrected chi connectivity index (χ2v) is 8.61. The highest BCUT2D eigenvalue weighted by Crippen LogP contribution is 2.35. The number of piperidine rings is 1. The van der Waals surface area contributed by atoms with Crippen LogP contribution in [0.3, 0.4) is 0 Å². The van der Waals surface area contributed by atoms with Crippen LogP contribution in [0.25, 0.3) is 0 Å². The Balaban J connectivity index is 1.25. The Hall–Kier alpha value is -3.42. The van der Waals surface area contributed by atoms with E-state index in [4.69, 9.17) is 0 Å². The largest absolute Gasteiger partial charge is 0.342 e. The Bertz CT molecular complexity index is 1100. The number of amides is 4. The first-order valence-electron chi connectivity index (χ1n) is 10.6. The van der Waals surface area contributed by atoms with Crippen molar-refractivity contribution in [3.63, 3.8) is 0 Å². The van der Waals surface area contributed by atoms with Gasteiger partial charge in [-0.2, -0.15) is 0 Å². The topological polar surface area (TPSA) is 91.7 Å². The average Bonchev–Trinajstić information content (AvgIpc) is 3.02. The molecule has 3 aliphatic heterocycles. The predicted octanol–water partition coefficient (Wildman–Crippen LogP) is 1.30. The lowest BCUT2D eigenvalue weighted by molar-refractivity contribution is -0.137. The summed E-state index contributed by atoms with van der Waals surface area (Å²) in [5, 5.41) is 2.66. The summed E-state index contributed by atoms with van der Waals surface area (Å²) in [6, 6.07) is 13.3. The first-order chi connectivity index (χ1) is 15.0. The molecule has 0 aliphatic carbocycles. The monoisotopic (exact) mass is 420 g/mol. The van der Waals surface area contributed by atoms with Crippen LogP contribution < -0.4 is 10.9 Å². The number of aromatic nitrogens is 1. The molecule has 2 fully saturated rings. The molecule has 4 amide bonds. The fourth-order valence-electron chi connectivity index (χ4n) is 5.03. The van der Waals surface area contributed by atoms with Gasteiger partial charge in [-0.25, -0.2) is 4.79 Å². The minimum Gasteiger partial charge on any atom is -0.342 e. The highest BCUT2D eigenvalue weighted by Gasteiger charge is 2.41. The van der Waals surface area contributed by atoms with E-state index in [1.807, 2.05) is 41.0 Å². The van der Waals surface area contributed by atoms with Gasteiger partial charge in [0.15, 0.2) is 0 Å². The Labute approximate surface area is 179 Å². The van der Waals surface area contributed by atoms with Gasteiger partial charge in [0.1, 0.15) is 6.04 Å². The van der Waals surface area contributed by atoms with Crippen molar-refractivity contribution >= 4 is 17.8 Å². The summed E-state index contributed by atoms with van der Waals surface area (Å²) in [4.78, 5) is 53.2. The Morgan fingerprint density at radius 1 is 0.968 bits per heavy atom.